The molecule has 82 valence electrons. The first kappa shape index (κ1) is 12.0. The summed E-state index contributed by atoms with van der Waals surface area (Å²) in [7, 11) is 0. The average Bonchev–Trinajstić information content (AvgIpc) is 2.20. The first-order chi connectivity index (χ1) is 7.13. The fourth-order valence-electron chi connectivity index (χ4n) is 1.58. The summed E-state index contributed by atoms with van der Waals surface area (Å²) in [6.45, 7) is 9.59. The predicted octanol–water partition coefficient (Wildman–Crippen LogP) is 3.31. The van der Waals surface area contributed by atoms with Crippen molar-refractivity contribution in [3.63, 3.8) is 0 Å². The van der Waals surface area contributed by atoms with Crippen molar-refractivity contribution in [2.24, 2.45) is 0 Å². The van der Waals surface area contributed by atoms with Gasteiger partial charge in [0, 0.05) is 6.04 Å². The molecule has 0 heterocycles. The normalized spacial score (nSPS) is 13.3. The van der Waals surface area contributed by atoms with Crippen LogP contribution in [0.4, 0.5) is 0 Å². The van der Waals surface area contributed by atoms with Crippen molar-refractivity contribution in [1.29, 1.82) is 0 Å². The Morgan fingerprint density at radius 3 is 2.73 bits per heavy atom. The summed E-state index contributed by atoms with van der Waals surface area (Å²) in [6, 6.07) is 6.99. The van der Waals surface area contributed by atoms with Gasteiger partial charge >= 0.3 is 0 Å². The number of aryl methyl sites for hydroxylation is 2. The van der Waals surface area contributed by atoms with Crippen LogP contribution in [0, 0.1) is 13.8 Å². The molecule has 0 fully saturated rings. The third kappa shape index (κ3) is 3.88. The molecule has 15 heavy (non-hydrogen) atoms. The minimum absolute atomic E-state index is 0.440. The highest BCUT2D eigenvalue weighted by molar-refractivity contribution is 5.55. The van der Waals surface area contributed by atoms with E-state index in [-0.39, 0.29) is 0 Å². The summed E-state index contributed by atoms with van der Waals surface area (Å²) in [6.07, 6.45) is 4.42. The molecule has 0 aliphatic carbocycles. The standard InChI is InChI=1S/C14H21N/c1-5-15-13(4)8-9-14-10-11(2)6-7-12(14)3/h6-10,13,15H,5H2,1-4H3/b9-8+. The number of nitrogens with one attached hydrogen (secondary N) is 1. The van der Waals surface area contributed by atoms with Gasteiger partial charge in [-0.25, -0.2) is 0 Å². The Labute approximate surface area is 93.2 Å². The molecule has 1 atom stereocenters. The van der Waals surface area contributed by atoms with Crippen LogP contribution in [0.1, 0.15) is 30.5 Å². The summed E-state index contributed by atoms with van der Waals surface area (Å²) in [5.41, 5.74) is 3.97. The minimum atomic E-state index is 0.440. The van der Waals surface area contributed by atoms with Gasteiger partial charge in [0.2, 0.25) is 0 Å². The SMILES string of the molecule is CCNC(C)/C=C/c1cc(C)ccc1C. The molecule has 1 rings (SSSR count). The van der Waals surface area contributed by atoms with E-state index >= 15 is 0 Å². The zero-order chi connectivity index (χ0) is 11.3. The second-order valence-corrected chi connectivity index (χ2v) is 4.07. The average molecular weight is 203 g/mol. The largest absolute Gasteiger partial charge is 0.311 e. The molecule has 1 aromatic carbocycles. The van der Waals surface area contributed by atoms with E-state index in [0.29, 0.717) is 6.04 Å². The monoisotopic (exact) mass is 203 g/mol. The predicted molar refractivity (Wildman–Crippen MR) is 68.1 cm³/mol. The van der Waals surface area contributed by atoms with E-state index < -0.39 is 0 Å². The number of rotatable bonds is 4. The maximum Gasteiger partial charge on any atom is 0.0224 e. The lowest BCUT2D eigenvalue weighted by Crippen LogP contribution is -2.22. The molecule has 1 unspecified atom stereocenters. The maximum absolute atomic E-state index is 3.36. The molecule has 0 amide bonds. The topological polar surface area (TPSA) is 12.0 Å². The van der Waals surface area contributed by atoms with E-state index in [9.17, 15) is 0 Å². The van der Waals surface area contributed by atoms with Gasteiger partial charge in [0.15, 0.2) is 0 Å². The summed E-state index contributed by atoms with van der Waals surface area (Å²) in [4.78, 5) is 0. The van der Waals surface area contributed by atoms with Crippen molar-refractivity contribution in [3.8, 4) is 0 Å². The number of hydrogen-bond donors (Lipinski definition) is 1. The van der Waals surface area contributed by atoms with E-state index in [1.807, 2.05) is 0 Å². The molecular weight excluding hydrogens is 182 g/mol. The number of hydrogen-bond acceptors (Lipinski definition) is 1. The molecule has 0 saturated heterocycles. The second kappa shape index (κ2) is 5.72. The van der Waals surface area contributed by atoms with E-state index in [0.717, 1.165) is 6.54 Å². The lowest BCUT2D eigenvalue weighted by Gasteiger charge is -2.07. The Morgan fingerprint density at radius 2 is 2.07 bits per heavy atom. The Morgan fingerprint density at radius 1 is 1.33 bits per heavy atom. The highest BCUT2D eigenvalue weighted by Crippen LogP contribution is 2.12. The summed E-state index contributed by atoms with van der Waals surface area (Å²) in [5.74, 6) is 0. The third-order valence-electron chi connectivity index (χ3n) is 2.53. The highest BCUT2D eigenvalue weighted by atomic mass is 14.9. The smallest absolute Gasteiger partial charge is 0.0224 e. The number of likely N-dealkylation sites (N-methyl/N-ethyl adjacent to an activating group) is 1. The zero-order valence-corrected chi connectivity index (χ0v) is 10.2. The van der Waals surface area contributed by atoms with E-state index in [1.54, 1.807) is 0 Å². The van der Waals surface area contributed by atoms with Crippen molar-refractivity contribution in [2.75, 3.05) is 6.54 Å². The zero-order valence-electron chi connectivity index (χ0n) is 10.2. The van der Waals surface area contributed by atoms with Crippen LogP contribution in [0.3, 0.4) is 0 Å². The van der Waals surface area contributed by atoms with Gasteiger partial charge in [-0.3, -0.25) is 0 Å². The fraction of sp³-hybridized carbons (Fsp3) is 0.429. The van der Waals surface area contributed by atoms with Crippen LogP contribution in [0.5, 0.6) is 0 Å². The van der Waals surface area contributed by atoms with Crippen LogP contribution in [0.2, 0.25) is 0 Å². The van der Waals surface area contributed by atoms with Crippen LogP contribution in [-0.2, 0) is 0 Å². The molecule has 1 aromatic rings. The molecule has 1 heteroatoms. The van der Waals surface area contributed by atoms with Crippen molar-refractivity contribution >= 4 is 6.08 Å². The van der Waals surface area contributed by atoms with E-state index in [4.69, 9.17) is 0 Å². The minimum Gasteiger partial charge on any atom is -0.311 e. The Bertz CT molecular complexity index is 339. The summed E-state index contributed by atoms with van der Waals surface area (Å²) in [5, 5.41) is 3.36. The Hall–Kier alpha value is -1.08. The van der Waals surface area contributed by atoms with Crippen molar-refractivity contribution in [3.05, 3.63) is 41.0 Å². The molecule has 0 spiro atoms. The molecule has 0 aromatic heterocycles. The highest BCUT2D eigenvalue weighted by Gasteiger charge is 1.96. The van der Waals surface area contributed by atoms with Gasteiger partial charge in [-0.2, -0.15) is 0 Å². The molecule has 1 nitrogen and oxygen atoms in total. The van der Waals surface area contributed by atoms with Crippen LogP contribution in [0.15, 0.2) is 24.3 Å². The Balaban J connectivity index is 2.75. The first-order valence-electron chi connectivity index (χ1n) is 5.62. The summed E-state index contributed by atoms with van der Waals surface area (Å²) < 4.78 is 0. The molecule has 0 aliphatic heterocycles. The lowest BCUT2D eigenvalue weighted by atomic mass is 10.0. The van der Waals surface area contributed by atoms with Gasteiger partial charge < -0.3 is 5.32 Å². The molecule has 1 N–H and O–H groups in total. The van der Waals surface area contributed by atoms with Crippen LogP contribution >= 0.6 is 0 Å². The molecule has 0 aliphatic rings. The van der Waals surface area contributed by atoms with Gasteiger partial charge in [0.05, 0.1) is 0 Å². The van der Waals surface area contributed by atoms with Gasteiger partial charge in [-0.05, 0) is 38.4 Å². The third-order valence-corrected chi connectivity index (χ3v) is 2.53. The summed E-state index contributed by atoms with van der Waals surface area (Å²) >= 11 is 0. The number of benzene rings is 1. The first-order valence-corrected chi connectivity index (χ1v) is 5.62. The van der Waals surface area contributed by atoms with Gasteiger partial charge in [0.25, 0.3) is 0 Å². The Kier molecular flexibility index (Phi) is 4.57. The van der Waals surface area contributed by atoms with Gasteiger partial charge in [0.1, 0.15) is 0 Å². The van der Waals surface area contributed by atoms with E-state index in [1.165, 1.54) is 16.7 Å². The van der Waals surface area contributed by atoms with Crippen molar-refractivity contribution in [2.45, 2.75) is 33.7 Å². The van der Waals surface area contributed by atoms with Gasteiger partial charge in [-0.15, -0.1) is 0 Å². The molecule has 0 bridgehead atoms. The maximum atomic E-state index is 3.36. The second-order valence-electron chi connectivity index (χ2n) is 4.07. The van der Waals surface area contributed by atoms with Crippen LogP contribution < -0.4 is 5.32 Å². The molecular formula is C14H21N. The van der Waals surface area contributed by atoms with Gasteiger partial charge in [-0.1, -0.05) is 42.8 Å². The quantitative estimate of drug-likeness (QED) is 0.791. The lowest BCUT2D eigenvalue weighted by molar-refractivity contribution is 0.663. The van der Waals surface area contributed by atoms with E-state index in [2.05, 4.69) is 63.4 Å². The van der Waals surface area contributed by atoms with Crippen molar-refractivity contribution in [1.82, 2.24) is 5.32 Å². The fourth-order valence-corrected chi connectivity index (χ4v) is 1.58. The van der Waals surface area contributed by atoms with Crippen LogP contribution in [0.25, 0.3) is 6.08 Å². The van der Waals surface area contributed by atoms with Crippen molar-refractivity contribution < 1.29 is 0 Å². The molecule has 0 radical (unpaired) electrons. The molecule has 0 saturated carbocycles. The van der Waals surface area contributed by atoms with Crippen LogP contribution in [-0.4, -0.2) is 12.6 Å².